The van der Waals surface area contributed by atoms with Crippen LogP contribution in [0.1, 0.15) is 16.1 Å². The number of nitrogens with one attached hydrogen (secondary N) is 2. The maximum absolute atomic E-state index is 12.4. The zero-order chi connectivity index (χ0) is 19.2. The van der Waals surface area contributed by atoms with Crippen LogP contribution in [0, 0.1) is 0 Å². The van der Waals surface area contributed by atoms with Gasteiger partial charge in [-0.1, -0.05) is 29.3 Å². The molecule has 136 valence electrons. The first kappa shape index (κ1) is 18.8. The molecule has 3 rings (SSSR count). The third-order valence-corrected chi connectivity index (χ3v) is 4.05. The quantitative estimate of drug-likeness (QED) is 0.556. The first-order valence-corrected chi connectivity index (χ1v) is 8.66. The van der Waals surface area contributed by atoms with Crippen molar-refractivity contribution in [2.75, 3.05) is 10.6 Å². The van der Waals surface area contributed by atoms with Crippen molar-refractivity contribution in [3.8, 4) is 0 Å². The third kappa shape index (κ3) is 5.23. The number of benzene rings is 2. The number of hydrogen-bond acceptors (Lipinski definition) is 3. The summed E-state index contributed by atoms with van der Waals surface area (Å²) in [5.74, 6) is -0.125. The number of hydrogen-bond donors (Lipinski definition) is 2. The predicted octanol–water partition coefficient (Wildman–Crippen LogP) is 5.49. The van der Waals surface area contributed by atoms with Crippen LogP contribution in [0.3, 0.4) is 0 Å². The van der Waals surface area contributed by atoms with Gasteiger partial charge in [0.05, 0.1) is 16.8 Å². The Balaban J connectivity index is 1.66. The van der Waals surface area contributed by atoms with Crippen LogP contribution in [0.5, 0.6) is 0 Å². The van der Waals surface area contributed by atoms with Gasteiger partial charge in [-0.25, -0.2) is 0 Å². The van der Waals surface area contributed by atoms with Crippen molar-refractivity contribution in [1.82, 2.24) is 0 Å². The molecule has 2 N–H and O–H groups in total. The molecule has 0 fully saturated rings. The van der Waals surface area contributed by atoms with E-state index in [2.05, 4.69) is 10.6 Å². The van der Waals surface area contributed by atoms with Gasteiger partial charge in [0.2, 0.25) is 5.91 Å². The molecule has 0 aliphatic rings. The van der Waals surface area contributed by atoms with E-state index in [0.29, 0.717) is 27.7 Å². The maximum atomic E-state index is 12.4. The smallest absolute Gasteiger partial charge is 0.257 e. The van der Waals surface area contributed by atoms with E-state index in [9.17, 15) is 9.59 Å². The Bertz CT molecular complexity index is 998. The normalized spacial score (nSPS) is 10.7. The second-order valence-corrected chi connectivity index (χ2v) is 6.34. The highest BCUT2D eigenvalue weighted by Gasteiger charge is 2.11. The molecule has 7 heteroatoms. The third-order valence-electron chi connectivity index (χ3n) is 3.51. The predicted molar refractivity (Wildman–Crippen MR) is 107 cm³/mol. The molecular weight excluding hydrogens is 387 g/mol. The maximum Gasteiger partial charge on any atom is 0.257 e. The van der Waals surface area contributed by atoms with Crippen LogP contribution in [0.4, 0.5) is 11.4 Å². The molecular formula is C20H14Cl2N2O3. The summed E-state index contributed by atoms with van der Waals surface area (Å²) in [7, 11) is 0. The number of furan rings is 1. The minimum absolute atomic E-state index is 0.257. The molecule has 0 bridgehead atoms. The Morgan fingerprint density at radius 3 is 2.41 bits per heavy atom. The lowest BCUT2D eigenvalue weighted by molar-refractivity contribution is -0.111. The van der Waals surface area contributed by atoms with Crippen molar-refractivity contribution < 1.29 is 14.0 Å². The lowest BCUT2D eigenvalue weighted by atomic mass is 10.2. The van der Waals surface area contributed by atoms with Gasteiger partial charge in [-0.15, -0.1) is 0 Å². The number of amides is 2. The van der Waals surface area contributed by atoms with Crippen molar-refractivity contribution in [2.24, 2.45) is 0 Å². The molecule has 0 aliphatic carbocycles. The Kier molecular flexibility index (Phi) is 5.96. The van der Waals surface area contributed by atoms with Gasteiger partial charge in [-0.3, -0.25) is 9.59 Å². The minimum atomic E-state index is -0.377. The highest BCUT2D eigenvalue weighted by atomic mass is 35.5. The standard InChI is InChI=1S/C20H14Cl2N2O3/c21-13-6-8-17(18(22)11-13)20(26)24-15-4-1-3-14(12-15)23-19(25)9-7-16-5-2-10-27-16/h1-12H,(H,23,25)(H,24,26). The van der Waals surface area contributed by atoms with E-state index in [1.54, 1.807) is 54.6 Å². The Morgan fingerprint density at radius 2 is 1.70 bits per heavy atom. The Morgan fingerprint density at radius 1 is 0.926 bits per heavy atom. The van der Waals surface area contributed by atoms with Crippen LogP contribution in [-0.2, 0) is 4.79 Å². The van der Waals surface area contributed by atoms with Crippen molar-refractivity contribution in [3.63, 3.8) is 0 Å². The van der Waals surface area contributed by atoms with Crippen LogP contribution in [0.25, 0.3) is 6.08 Å². The Hall–Kier alpha value is -3.02. The molecule has 2 amide bonds. The second kappa shape index (κ2) is 8.58. The highest BCUT2D eigenvalue weighted by Crippen LogP contribution is 2.23. The monoisotopic (exact) mass is 400 g/mol. The summed E-state index contributed by atoms with van der Waals surface area (Å²) < 4.78 is 5.12. The van der Waals surface area contributed by atoms with E-state index >= 15 is 0 Å². The number of carbonyl (C=O) groups excluding carboxylic acids is 2. The molecule has 0 saturated heterocycles. The summed E-state index contributed by atoms with van der Waals surface area (Å²) in [6.07, 6.45) is 4.44. The van der Waals surface area contributed by atoms with Crippen molar-refractivity contribution in [1.29, 1.82) is 0 Å². The fourth-order valence-electron chi connectivity index (χ4n) is 2.27. The summed E-state index contributed by atoms with van der Waals surface area (Å²) in [4.78, 5) is 24.3. The van der Waals surface area contributed by atoms with E-state index in [4.69, 9.17) is 27.6 Å². The number of anilines is 2. The first-order valence-electron chi connectivity index (χ1n) is 7.90. The molecule has 1 heterocycles. The van der Waals surface area contributed by atoms with Gasteiger partial charge >= 0.3 is 0 Å². The topological polar surface area (TPSA) is 71.3 Å². The second-order valence-electron chi connectivity index (χ2n) is 5.50. The summed E-state index contributed by atoms with van der Waals surface area (Å²) >= 11 is 11.9. The number of halogens is 2. The average Bonchev–Trinajstić information content (AvgIpc) is 3.13. The van der Waals surface area contributed by atoms with Gasteiger partial charge in [0.1, 0.15) is 5.76 Å². The lowest BCUT2D eigenvalue weighted by Gasteiger charge is -2.09. The average molecular weight is 401 g/mol. The van der Waals surface area contributed by atoms with E-state index in [1.165, 1.54) is 18.4 Å². The molecule has 3 aromatic rings. The Labute approximate surface area is 165 Å². The summed E-state index contributed by atoms with van der Waals surface area (Å²) in [6, 6.07) is 14.9. The van der Waals surface area contributed by atoms with Gasteiger partial charge in [-0.05, 0) is 54.6 Å². The van der Waals surface area contributed by atoms with E-state index < -0.39 is 0 Å². The van der Waals surface area contributed by atoms with E-state index in [0.717, 1.165) is 0 Å². The van der Waals surface area contributed by atoms with Crippen LogP contribution in [0.2, 0.25) is 10.0 Å². The minimum Gasteiger partial charge on any atom is -0.465 e. The van der Waals surface area contributed by atoms with Gasteiger partial charge in [-0.2, -0.15) is 0 Å². The first-order chi connectivity index (χ1) is 13.0. The molecule has 0 atom stereocenters. The highest BCUT2D eigenvalue weighted by molar-refractivity contribution is 6.37. The molecule has 0 unspecified atom stereocenters. The van der Waals surface area contributed by atoms with Crippen LogP contribution in [-0.4, -0.2) is 11.8 Å². The SMILES string of the molecule is O=C(C=Cc1ccco1)Nc1cccc(NC(=O)c2ccc(Cl)cc2Cl)c1. The van der Waals surface area contributed by atoms with Crippen molar-refractivity contribution in [2.45, 2.75) is 0 Å². The van der Waals surface area contributed by atoms with Crippen LogP contribution in [0.15, 0.2) is 71.4 Å². The molecule has 0 spiro atoms. The van der Waals surface area contributed by atoms with E-state index in [1.807, 2.05) is 0 Å². The largest absolute Gasteiger partial charge is 0.465 e. The van der Waals surface area contributed by atoms with Gasteiger partial charge in [0.15, 0.2) is 0 Å². The van der Waals surface area contributed by atoms with Gasteiger partial charge in [0, 0.05) is 22.5 Å². The zero-order valence-electron chi connectivity index (χ0n) is 13.9. The van der Waals surface area contributed by atoms with Gasteiger partial charge < -0.3 is 15.1 Å². The lowest BCUT2D eigenvalue weighted by Crippen LogP contribution is -2.13. The van der Waals surface area contributed by atoms with Crippen LogP contribution < -0.4 is 10.6 Å². The van der Waals surface area contributed by atoms with Crippen LogP contribution >= 0.6 is 23.2 Å². The zero-order valence-corrected chi connectivity index (χ0v) is 15.4. The molecule has 27 heavy (non-hydrogen) atoms. The molecule has 0 saturated carbocycles. The summed E-state index contributed by atoms with van der Waals surface area (Å²) in [6.45, 7) is 0. The van der Waals surface area contributed by atoms with Gasteiger partial charge in [0.25, 0.3) is 5.91 Å². The fourth-order valence-corrected chi connectivity index (χ4v) is 2.77. The summed E-state index contributed by atoms with van der Waals surface area (Å²) in [5, 5.41) is 6.16. The van der Waals surface area contributed by atoms with E-state index in [-0.39, 0.29) is 16.8 Å². The fraction of sp³-hybridized carbons (Fsp3) is 0. The number of rotatable bonds is 5. The molecule has 1 aromatic heterocycles. The molecule has 0 aliphatic heterocycles. The molecule has 2 aromatic carbocycles. The number of carbonyl (C=O) groups is 2. The molecule has 0 radical (unpaired) electrons. The van der Waals surface area contributed by atoms with Crippen molar-refractivity contribution in [3.05, 3.63) is 88.3 Å². The summed E-state index contributed by atoms with van der Waals surface area (Å²) in [5.41, 5.74) is 1.35. The molecule has 5 nitrogen and oxygen atoms in total. The van der Waals surface area contributed by atoms with Crippen molar-refractivity contribution >= 4 is 52.5 Å².